The molecular formula is C25H33N3. The Balaban J connectivity index is 1.40. The number of hydrogen-bond acceptors (Lipinski definition) is 3. The second kappa shape index (κ2) is 8.34. The molecule has 2 aromatic rings. The Morgan fingerprint density at radius 3 is 2.61 bits per heavy atom. The highest BCUT2D eigenvalue weighted by Crippen LogP contribution is 2.37. The molecule has 2 heterocycles. The maximum Gasteiger partial charge on any atom is 0.0607 e. The SMILES string of the molecule is c1ccc2c(c1)CN[C@@H](CN(C1CCCCC1)[C@H]1CCCc3cccnc31)C2. The molecular weight excluding hydrogens is 342 g/mol. The fourth-order valence-electron chi connectivity index (χ4n) is 5.76. The predicted molar refractivity (Wildman–Crippen MR) is 114 cm³/mol. The summed E-state index contributed by atoms with van der Waals surface area (Å²) in [5.41, 5.74) is 5.88. The summed E-state index contributed by atoms with van der Waals surface area (Å²) in [6, 6.07) is 15.2. The third-order valence-electron chi connectivity index (χ3n) is 7.21. The van der Waals surface area contributed by atoms with Crippen LogP contribution in [0.4, 0.5) is 0 Å². The summed E-state index contributed by atoms with van der Waals surface area (Å²) in [6.45, 7) is 2.17. The van der Waals surface area contributed by atoms with Crippen LogP contribution < -0.4 is 5.32 Å². The maximum absolute atomic E-state index is 4.88. The van der Waals surface area contributed by atoms with E-state index in [1.807, 2.05) is 6.20 Å². The summed E-state index contributed by atoms with van der Waals surface area (Å²) in [5.74, 6) is 0. The molecule has 1 aromatic heterocycles. The maximum atomic E-state index is 4.88. The van der Waals surface area contributed by atoms with E-state index in [0.717, 1.165) is 25.6 Å². The Morgan fingerprint density at radius 2 is 1.71 bits per heavy atom. The van der Waals surface area contributed by atoms with Crippen molar-refractivity contribution in [3.05, 3.63) is 65.0 Å². The molecule has 1 N–H and O–H groups in total. The van der Waals surface area contributed by atoms with Gasteiger partial charge in [-0.3, -0.25) is 9.88 Å². The number of nitrogens with zero attached hydrogens (tertiary/aromatic N) is 2. The first-order valence-corrected chi connectivity index (χ1v) is 11.4. The van der Waals surface area contributed by atoms with Crippen LogP contribution in [0.15, 0.2) is 42.6 Å². The van der Waals surface area contributed by atoms with Crippen LogP contribution in [0.1, 0.15) is 73.4 Å². The van der Waals surface area contributed by atoms with Gasteiger partial charge in [0, 0.05) is 31.4 Å². The van der Waals surface area contributed by atoms with E-state index < -0.39 is 0 Å². The molecule has 148 valence electrons. The predicted octanol–water partition coefficient (Wildman–Crippen LogP) is 4.81. The Hall–Kier alpha value is -1.71. The third kappa shape index (κ3) is 3.75. The number of fused-ring (bicyclic) bond motifs is 2. The molecule has 0 bridgehead atoms. The second-order valence-electron chi connectivity index (χ2n) is 9.00. The summed E-state index contributed by atoms with van der Waals surface area (Å²) < 4.78 is 0. The van der Waals surface area contributed by atoms with Gasteiger partial charge in [0.2, 0.25) is 0 Å². The normalized spacial score (nSPS) is 25.3. The van der Waals surface area contributed by atoms with E-state index in [9.17, 15) is 0 Å². The van der Waals surface area contributed by atoms with Crippen LogP contribution in [0.25, 0.3) is 0 Å². The number of aromatic nitrogens is 1. The van der Waals surface area contributed by atoms with Crippen molar-refractivity contribution in [1.29, 1.82) is 0 Å². The van der Waals surface area contributed by atoms with Crippen LogP contribution in [0.3, 0.4) is 0 Å². The van der Waals surface area contributed by atoms with Gasteiger partial charge in [-0.2, -0.15) is 0 Å². The molecule has 0 saturated heterocycles. The number of aryl methyl sites for hydroxylation is 1. The van der Waals surface area contributed by atoms with E-state index in [-0.39, 0.29) is 0 Å². The standard InChI is InChI=1S/C25H33N3/c1-2-12-23(13-3-1)28(24-14-6-10-19-11-7-15-26-25(19)24)18-22-16-20-8-4-5-9-21(20)17-27-22/h4-5,7-9,11,15,22-24,27H,1-3,6,10,12-14,16-18H2/t22-,24+/m1/s1. The lowest BCUT2D eigenvalue weighted by atomic mass is 9.86. The van der Waals surface area contributed by atoms with Gasteiger partial charge >= 0.3 is 0 Å². The van der Waals surface area contributed by atoms with Gasteiger partial charge in [0.1, 0.15) is 0 Å². The van der Waals surface area contributed by atoms with Crippen LogP contribution in [0, 0.1) is 0 Å². The number of hydrogen-bond donors (Lipinski definition) is 1. The van der Waals surface area contributed by atoms with Crippen molar-refractivity contribution < 1.29 is 0 Å². The van der Waals surface area contributed by atoms with E-state index in [4.69, 9.17) is 4.98 Å². The molecule has 28 heavy (non-hydrogen) atoms. The minimum atomic E-state index is 0.507. The highest BCUT2D eigenvalue weighted by Gasteiger charge is 2.34. The third-order valence-corrected chi connectivity index (χ3v) is 7.21. The quantitative estimate of drug-likeness (QED) is 0.831. The molecule has 2 atom stereocenters. The first-order chi connectivity index (χ1) is 13.9. The molecule has 1 saturated carbocycles. The minimum Gasteiger partial charge on any atom is -0.308 e. The van der Waals surface area contributed by atoms with Crippen LogP contribution in [0.2, 0.25) is 0 Å². The Labute approximate surface area is 169 Å². The van der Waals surface area contributed by atoms with Gasteiger partial charge in [0.05, 0.1) is 11.7 Å². The smallest absolute Gasteiger partial charge is 0.0607 e. The molecule has 1 fully saturated rings. The van der Waals surface area contributed by atoms with E-state index in [0.29, 0.717) is 12.1 Å². The molecule has 0 spiro atoms. The first kappa shape index (κ1) is 18.3. The van der Waals surface area contributed by atoms with E-state index in [1.165, 1.54) is 73.8 Å². The zero-order valence-electron chi connectivity index (χ0n) is 16.9. The zero-order chi connectivity index (χ0) is 18.8. The Kier molecular flexibility index (Phi) is 5.46. The van der Waals surface area contributed by atoms with Crippen molar-refractivity contribution in [2.45, 2.75) is 82.5 Å². The number of pyridine rings is 1. The molecule has 0 unspecified atom stereocenters. The first-order valence-electron chi connectivity index (χ1n) is 11.4. The number of benzene rings is 1. The zero-order valence-corrected chi connectivity index (χ0v) is 16.9. The molecule has 3 aliphatic rings. The minimum absolute atomic E-state index is 0.507. The molecule has 0 radical (unpaired) electrons. The van der Waals surface area contributed by atoms with Gasteiger partial charge in [0.15, 0.2) is 0 Å². The molecule has 0 amide bonds. The average Bonchev–Trinajstić information content (AvgIpc) is 2.78. The Bertz CT molecular complexity index is 796. The van der Waals surface area contributed by atoms with Gasteiger partial charge in [-0.1, -0.05) is 49.6 Å². The van der Waals surface area contributed by atoms with Crippen molar-refractivity contribution in [2.24, 2.45) is 0 Å². The topological polar surface area (TPSA) is 28.2 Å². The summed E-state index contributed by atoms with van der Waals surface area (Å²) >= 11 is 0. The van der Waals surface area contributed by atoms with Gasteiger partial charge < -0.3 is 5.32 Å². The van der Waals surface area contributed by atoms with Crippen LogP contribution in [-0.4, -0.2) is 28.5 Å². The number of nitrogens with one attached hydrogen (secondary N) is 1. The molecule has 5 rings (SSSR count). The van der Waals surface area contributed by atoms with E-state index in [2.05, 4.69) is 46.6 Å². The van der Waals surface area contributed by atoms with Crippen molar-refractivity contribution in [3.63, 3.8) is 0 Å². The highest BCUT2D eigenvalue weighted by molar-refractivity contribution is 5.30. The van der Waals surface area contributed by atoms with Gasteiger partial charge in [-0.15, -0.1) is 0 Å². The summed E-state index contributed by atoms with van der Waals surface area (Å²) in [5, 5.41) is 3.85. The van der Waals surface area contributed by atoms with Crippen molar-refractivity contribution >= 4 is 0 Å². The lowest BCUT2D eigenvalue weighted by Gasteiger charge is -2.44. The largest absolute Gasteiger partial charge is 0.308 e. The van der Waals surface area contributed by atoms with Crippen molar-refractivity contribution in [1.82, 2.24) is 15.2 Å². The van der Waals surface area contributed by atoms with Crippen LogP contribution >= 0.6 is 0 Å². The number of rotatable bonds is 4. The molecule has 3 nitrogen and oxygen atoms in total. The average molecular weight is 376 g/mol. The van der Waals surface area contributed by atoms with Crippen LogP contribution in [-0.2, 0) is 19.4 Å². The van der Waals surface area contributed by atoms with Crippen molar-refractivity contribution in [3.8, 4) is 0 Å². The van der Waals surface area contributed by atoms with Crippen molar-refractivity contribution in [2.75, 3.05) is 6.54 Å². The van der Waals surface area contributed by atoms with E-state index in [1.54, 1.807) is 0 Å². The lowest BCUT2D eigenvalue weighted by Crippen LogP contribution is -2.50. The molecule has 1 aromatic carbocycles. The molecule has 1 aliphatic heterocycles. The lowest BCUT2D eigenvalue weighted by molar-refractivity contribution is 0.0772. The fourth-order valence-corrected chi connectivity index (χ4v) is 5.76. The summed E-state index contributed by atoms with van der Waals surface area (Å²) in [4.78, 5) is 7.75. The van der Waals surface area contributed by atoms with Gasteiger partial charge in [-0.25, -0.2) is 0 Å². The fraction of sp³-hybridized carbons (Fsp3) is 0.560. The van der Waals surface area contributed by atoms with Crippen LogP contribution in [0.5, 0.6) is 0 Å². The summed E-state index contributed by atoms with van der Waals surface area (Å²) in [7, 11) is 0. The van der Waals surface area contributed by atoms with Gasteiger partial charge in [-0.05, 0) is 61.3 Å². The monoisotopic (exact) mass is 375 g/mol. The van der Waals surface area contributed by atoms with E-state index >= 15 is 0 Å². The highest BCUT2D eigenvalue weighted by atomic mass is 15.2. The molecule has 2 aliphatic carbocycles. The Morgan fingerprint density at radius 1 is 0.893 bits per heavy atom. The second-order valence-corrected chi connectivity index (χ2v) is 9.00. The summed E-state index contributed by atoms with van der Waals surface area (Å²) in [6.07, 6.45) is 13.9. The molecule has 3 heteroatoms. The van der Waals surface area contributed by atoms with Gasteiger partial charge in [0.25, 0.3) is 0 Å².